The van der Waals surface area contributed by atoms with E-state index < -0.39 is 5.97 Å². The summed E-state index contributed by atoms with van der Waals surface area (Å²) in [4.78, 5) is 14.8. The molecular formula is C13H9BrClNO3. The third kappa shape index (κ3) is 3.24. The van der Waals surface area contributed by atoms with Crippen LogP contribution in [0.3, 0.4) is 0 Å². The number of ether oxygens (including phenoxy) is 1. The number of aromatic carboxylic acids is 1. The third-order valence-electron chi connectivity index (χ3n) is 2.38. The lowest BCUT2D eigenvalue weighted by molar-refractivity contribution is 0.0696. The summed E-state index contributed by atoms with van der Waals surface area (Å²) in [5.41, 5.74) is 0.766. The van der Waals surface area contributed by atoms with E-state index in [1.54, 1.807) is 25.1 Å². The van der Waals surface area contributed by atoms with Crippen molar-refractivity contribution in [1.29, 1.82) is 0 Å². The van der Waals surface area contributed by atoms with Gasteiger partial charge >= 0.3 is 5.97 Å². The van der Waals surface area contributed by atoms with E-state index in [0.29, 0.717) is 26.7 Å². The van der Waals surface area contributed by atoms with Gasteiger partial charge < -0.3 is 9.84 Å². The quantitative estimate of drug-likeness (QED) is 0.903. The molecule has 0 saturated heterocycles. The van der Waals surface area contributed by atoms with Crippen LogP contribution in [0.5, 0.6) is 11.6 Å². The number of rotatable bonds is 3. The Balaban J connectivity index is 2.31. The number of benzene rings is 1. The van der Waals surface area contributed by atoms with Crippen LogP contribution in [0.4, 0.5) is 0 Å². The molecule has 0 aliphatic heterocycles. The average Bonchev–Trinajstić information content (AvgIpc) is 2.34. The van der Waals surface area contributed by atoms with Gasteiger partial charge in [0.15, 0.2) is 0 Å². The fraction of sp³-hybridized carbons (Fsp3) is 0.0769. The van der Waals surface area contributed by atoms with Crippen molar-refractivity contribution in [1.82, 2.24) is 4.98 Å². The highest BCUT2D eigenvalue weighted by atomic mass is 79.9. The summed E-state index contributed by atoms with van der Waals surface area (Å²) >= 11 is 9.18. The molecule has 0 spiro atoms. The summed E-state index contributed by atoms with van der Waals surface area (Å²) in [5, 5.41) is 9.45. The molecule has 2 aromatic rings. The Bertz CT molecular complexity index is 646. The molecule has 0 saturated carbocycles. The van der Waals surface area contributed by atoms with Gasteiger partial charge in [-0.25, -0.2) is 9.78 Å². The Kier molecular flexibility index (Phi) is 4.07. The number of carboxylic acid groups (broad SMARTS) is 1. The number of nitrogens with zero attached hydrogens (tertiary/aromatic N) is 1. The summed E-state index contributed by atoms with van der Waals surface area (Å²) < 4.78 is 6.32. The monoisotopic (exact) mass is 341 g/mol. The minimum atomic E-state index is -1.02. The second kappa shape index (κ2) is 5.59. The van der Waals surface area contributed by atoms with Crippen molar-refractivity contribution in [2.45, 2.75) is 6.92 Å². The summed E-state index contributed by atoms with van der Waals surface area (Å²) in [6.07, 6.45) is 1.26. The fourth-order valence-corrected chi connectivity index (χ4v) is 2.21. The molecule has 0 aliphatic carbocycles. The molecule has 0 fully saturated rings. The van der Waals surface area contributed by atoms with Gasteiger partial charge in [-0.05, 0) is 47.1 Å². The minimum Gasteiger partial charge on any atom is -0.478 e. The lowest BCUT2D eigenvalue weighted by Crippen LogP contribution is -2.00. The third-order valence-corrected chi connectivity index (χ3v) is 3.23. The van der Waals surface area contributed by atoms with Gasteiger partial charge in [0.1, 0.15) is 5.75 Å². The molecule has 0 unspecified atom stereocenters. The average molecular weight is 343 g/mol. The molecule has 0 radical (unpaired) electrons. The van der Waals surface area contributed by atoms with E-state index in [-0.39, 0.29) is 5.56 Å². The molecule has 19 heavy (non-hydrogen) atoms. The topological polar surface area (TPSA) is 59.4 Å². The van der Waals surface area contributed by atoms with Crippen molar-refractivity contribution < 1.29 is 14.6 Å². The molecule has 4 nitrogen and oxygen atoms in total. The zero-order chi connectivity index (χ0) is 14.0. The van der Waals surface area contributed by atoms with Gasteiger partial charge in [-0.1, -0.05) is 11.6 Å². The van der Waals surface area contributed by atoms with E-state index in [1.807, 2.05) is 0 Å². The smallest absolute Gasteiger partial charge is 0.337 e. The molecule has 0 amide bonds. The van der Waals surface area contributed by atoms with Gasteiger partial charge in [-0.2, -0.15) is 0 Å². The number of halogens is 2. The summed E-state index contributed by atoms with van der Waals surface area (Å²) in [7, 11) is 0. The zero-order valence-electron chi connectivity index (χ0n) is 9.85. The number of aryl methyl sites for hydroxylation is 1. The predicted octanol–water partition coefficient (Wildman–Crippen LogP) is 4.30. The molecule has 0 bridgehead atoms. The fourth-order valence-electron chi connectivity index (χ4n) is 1.45. The van der Waals surface area contributed by atoms with Gasteiger partial charge in [0.25, 0.3) is 0 Å². The van der Waals surface area contributed by atoms with E-state index in [2.05, 4.69) is 20.9 Å². The number of pyridine rings is 1. The van der Waals surface area contributed by atoms with Crippen molar-refractivity contribution >= 4 is 33.5 Å². The van der Waals surface area contributed by atoms with Crippen molar-refractivity contribution in [3.8, 4) is 11.6 Å². The molecule has 1 aromatic carbocycles. The second-order valence-corrected chi connectivity index (χ2v) is 5.12. The maximum absolute atomic E-state index is 10.8. The maximum atomic E-state index is 10.8. The molecule has 1 heterocycles. The molecule has 1 N–H and O–H groups in total. The lowest BCUT2D eigenvalue weighted by Gasteiger charge is -2.09. The summed E-state index contributed by atoms with van der Waals surface area (Å²) in [6.45, 7) is 1.73. The first-order chi connectivity index (χ1) is 8.97. The van der Waals surface area contributed by atoms with Crippen LogP contribution >= 0.6 is 27.5 Å². The van der Waals surface area contributed by atoms with Crippen LogP contribution in [0.25, 0.3) is 0 Å². The molecular weight excluding hydrogens is 334 g/mol. The van der Waals surface area contributed by atoms with Crippen LogP contribution in [0.1, 0.15) is 15.9 Å². The first-order valence-electron chi connectivity index (χ1n) is 5.30. The van der Waals surface area contributed by atoms with Crippen LogP contribution in [0.2, 0.25) is 5.02 Å². The number of carboxylic acids is 1. The largest absolute Gasteiger partial charge is 0.478 e. The minimum absolute atomic E-state index is 0.125. The highest BCUT2D eigenvalue weighted by Crippen LogP contribution is 2.32. The van der Waals surface area contributed by atoms with Gasteiger partial charge in [0.05, 0.1) is 10.0 Å². The van der Waals surface area contributed by atoms with Crippen LogP contribution < -0.4 is 4.74 Å². The van der Waals surface area contributed by atoms with Crippen LogP contribution in [0.15, 0.2) is 34.9 Å². The molecule has 6 heteroatoms. The second-order valence-electron chi connectivity index (χ2n) is 3.83. The van der Waals surface area contributed by atoms with E-state index >= 15 is 0 Å². The Hall–Kier alpha value is -1.59. The van der Waals surface area contributed by atoms with Crippen molar-refractivity contribution in [2.24, 2.45) is 0 Å². The van der Waals surface area contributed by atoms with Crippen molar-refractivity contribution in [2.75, 3.05) is 0 Å². The highest BCUT2D eigenvalue weighted by Gasteiger charge is 2.10. The first-order valence-corrected chi connectivity index (χ1v) is 6.47. The normalized spacial score (nSPS) is 10.3. The predicted molar refractivity (Wildman–Crippen MR) is 75.2 cm³/mol. The molecule has 1 aromatic heterocycles. The SMILES string of the molecule is Cc1cc(C(=O)O)cnc1Oc1ccc(Cl)cc1Br. The van der Waals surface area contributed by atoms with Crippen LogP contribution in [-0.2, 0) is 0 Å². The number of hydrogen-bond donors (Lipinski definition) is 1. The van der Waals surface area contributed by atoms with Crippen LogP contribution in [-0.4, -0.2) is 16.1 Å². The molecule has 98 valence electrons. The molecule has 0 aliphatic rings. The van der Waals surface area contributed by atoms with E-state index in [0.717, 1.165) is 0 Å². The van der Waals surface area contributed by atoms with E-state index in [1.165, 1.54) is 12.3 Å². The Morgan fingerprint density at radius 2 is 2.16 bits per heavy atom. The molecule has 0 atom stereocenters. The van der Waals surface area contributed by atoms with E-state index in [9.17, 15) is 4.79 Å². The standard InChI is InChI=1S/C13H9BrClNO3/c1-7-4-8(13(17)18)6-16-12(7)19-11-3-2-9(15)5-10(11)14/h2-6H,1H3,(H,17,18). The highest BCUT2D eigenvalue weighted by molar-refractivity contribution is 9.10. The van der Waals surface area contributed by atoms with Crippen LogP contribution in [0, 0.1) is 6.92 Å². The Morgan fingerprint density at radius 1 is 1.42 bits per heavy atom. The maximum Gasteiger partial charge on any atom is 0.337 e. The summed E-state index contributed by atoms with van der Waals surface area (Å²) in [6, 6.07) is 6.62. The Morgan fingerprint density at radius 3 is 2.74 bits per heavy atom. The zero-order valence-corrected chi connectivity index (χ0v) is 12.2. The summed E-state index contributed by atoms with van der Waals surface area (Å²) in [5.74, 6) is -0.106. The lowest BCUT2D eigenvalue weighted by atomic mass is 10.2. The molecule has 2 rings (SSSR count). The van der Waals surface area contributed by atoms with Crippen molar-refractivity contribution in [3.05, 3.63) is 51.1 Å². The van der Waals surface area contributed by atoms with Gasteiger partial charge in [0, 0.05) is 16.8 Å². The first kappa shape index (κ1) is 13.8. The van der Waals surface area contributed by atoms with Gasteiger partial charge in [-0.3, -0.25) is 0 Å². The number of hydrogen-bond acceptors (Lipinski definition) is 3. The number of carbonyl (C=O) groups is 1. The van der Waals surface area contributed by atoms with Gasteiger partial charge in [-0.15, -0.1) is 0 Å². The number of aromatic nitrogens is 1. The van der Waals surface area contributed by atoms with Crippen molar-refractivity contribution in [3.63, 3.8) is 0 Å². The van der Waals surface area contributed by atoms with E-state index in [4.69, 9.17) is 21.4 Å². The Labute approximate surface area is 123 Å². The van der Waals surface area contributed by atoms with Gasteiger partial charge in [0.2, 0.25) is 5.88 Å².